The van der Waals surface area contributed by atoms with E-state index in [0.29, 0.717) is 19.3 Å². The predicted octanol–water partition coefficient (Wildman–Crippen LogP) is 17.3. The van der Waals surface area contributed by atoms with Crippen LogP contribution in [-0.2, 0) is 28.6 Å². The van der Waals surface area contributed by atoms with E-state index < -0.39 is 6.10 Å². The van der Waals surface area contributed by atoms with E-state index in [9.17, 15) is 14.4 Å². The highest BCUT2D eigenvalue weighted by atomic mass is 16.6. The van der Waals surface area contributed by atoms with Crippen LogP contribution >= 0.6 is 0 Å². The minimum atomic E-state index is -0.779. The highest BCUT2D eigenvalue weighted by molar-refractivity contribution is 5.71. The molecule has 0 amide bonds. The Morgan fingerprint density at radius 2 is 0.607 bits per heavy atom. The van der Waals surface area contributed by atoms with Crippen molar-refractivity contribution in [3.05, 3.63) is 36.5 Å². The zero-order valence-electron chi connectivity index (χ0n) is 40.7. The Kier molecular flexibility index (Phi) is 48.3. The Labute approximate surface area is 378 Å². The topological polar surface area (TPSA) is 78.9 Å². The van der Waals surface area contributed by atoms with E-state index in [1.165, 1.54) is 148 Å². The molecule has 0 aliphatic rings. The summed E-state index contributed by atoms with van der Waals surface area (Å²) < 4.78 is 16.8. The third-order valence-electron chi connectivity index (χ3n) is 11.6. The van der Waals surface area contributed by atoms with Crippen LogP contribution in [0.2, 0.25) is 0 Å². The van der Waals surface area contributed by atoms with Gasteiger partial charge in [0.15, 0.2) is 6.10 Å². The van der Waals surface area contributed by atoms with Gasteiger partial charge in [0.2, 0.25) is 0 Å². The minimum absolute atomic E-state index is 0.0774. The molecule has 61 heavy (non-hydrogen) atoms. The van der Waals surface area contributed by atoms with Gasteiger partial charge in [-0.05, 0) is 70.6 Å². The van der Waals surface area contributed by atoms with Gasteiger partial charge in [-0.2, -0.15) is 0 Å². The number of hydrogen-bond donors (Lipinski definition) is 0. The maximum Gasteiger partial charge on any atom is 0.306 e. The first-order valence-corrected chi connectivity index (χ1v) is 26.5. The quantitative estimate of drug-likeness (QED) is 0.0262. The second-order valence-electron chi connectivity index (χ2n) is 17.8. The fraction of sp³-hybridized carbons (Fsp3) is 0.836. The van der Waals surface area contributed by atoms with Crippen molar-refractivity contribution in [2.45, 2.75) is 284 Å². The highest BCUT2D eigenvalue weighted by Gasteiger charge is 2.19. The predicted molar refractivity (Wildman–Crippen MR) is 261 cm³/mol. The summed E-state index contributed by atoms with van der Waals surface area (Å²) in [7, 11) is 0. The maximum atomic E-state index is 12.8. The Morgan fingerprint density at radius 1 is 0.328 bits per heavy atom. The Hall–Kier alpha value is -2.37. The molecule has 356 valence electrons. The molecule has 0 aromatic rings. The molecule has 0 radical (unpaired) electrons. The fourth-order valence-electron chi connectivity index (χ4n) is 7.57. The summed E-state index contributed by atoms with van der Waals surface area (Å²) in [5, 5.41) is 0. The molecular formula is C55H100O6. The van der Waals surface area contributed by atoms with Crippen LogP contribution in [0.4, 0.5) is 0 Å². The molecule has 0 spiro atoms. The van der Waals surface area contributed by atoms with Crippen molar-refractivity contribution in [1.82, 2.24) is 0 Å². The molecule has 0 N–H and O–H groups in total. The van der Waals surface area contributed by atoms with Gasteiger partial charge in [0, 0.05) is 19.3 Å². The molecule has 0 aromatic carbocycles. The van der Waals surface area contributed by atoms with E-state index in [0.717, 1.165) is 89.9 Å². The van der Waals surface area contributed by atoms with E-state index in [2.05, 4.69) is 57.2 Å². The standard InChI is InChI=1S/C55H100O6/c1-4-7-10-13-16-19-22-25-27-28-31-33-36-39-42-45-48-54(57)60-51-52(50-59-53(56)47-44-41-38-35-32-29-24-21-18-15-12-9-6-3)61-55(58)49-46-43-40-37-34-30-26-23-20-17-14-11-8-5-2/h14,17,21,23-24,26,52H,4-13,15-16,18-20,22,25,27-51H2,1-3H3/b17-14-,24-21-,26-23-. The first-order valence-electron chi connectivity index (χ1n) is 26.5. The van der Waals surface area contributed by atoms with Crippen molar-refractivity contribution in [2.24, 2.45) is 0 Å². The van der Waals surface area contributed by atoms with Crippen LogP contribution in [0.5, 0.6) is 0 Å². The Balaban J connectivity index is 4.37. The highest BCUT2D eigenvalue weighted by Crippen LogP contribution is 2.16. The summed E-state index contributed by atoms with van der Waals surface area (Å²) in [4.78, 5) is 38.0. The van der Waals surface area contributed by atoms with E-state index in [4.69, 9.17) is 14.2 Å². The average molecular weight is 857 g/mol. The molecular weight excluding hydrogens is 757 g/mol. The summed E-state index contributed by atoms with van der Waals surface area (Å²) in [6.45, 7) is 6.59. The van der Waals surface area contributed by atoms with E-state index in [1.54, 1.807) is 0 Å². The number of hydrogen-bond acceptors (Lipinski definition) is 6. The van der Waals surface area contributed by atoms with Crippen LogP contribution in [0.1, 0.15) is 278 Å². The van der Waals surface area contributed by atoms with E-state index in [-0.39, 0.29) is 31.1 Å². The van der Waals surface area contributed by atoms with Gasteiger partial charge in [-0.25, -0.2) is 0 Å². The molecule has 0 rings (SSSR count). The third-order valence-corrected chi connectivity index (χ3v) is 11.6. The van der Waals surface area contributed by atoms with Crippen molar-refractivity contribution >= 4 is 17.9 Å². The molecule has 6 nitrogen and oxygen atoms in total. The summed E-state index contributed by atoms with van der Waals surface area (Å²) in [6.07, 6.45) is 58.4. The first kappa shape index (κ1) is 58.6. The number of rotatable bonds is 48. The summed E-state index contributed by atoms with van der Waals surface area (Å²) in [5.74, 6) is -0.889. The lowest BCUT2D eigenvalue weighted by molar-refractivity contribution is -0.167. The second kappa shape index (κ2) is 50.3. The normalized spacial score (nSPS) is 12.2. The van der Waals surface area contributed by atoms with E-state index in [1.807, 2.05) is 0 Å². The molecule has 0 heterocycles. The second-order valence-corrected chi connectivity index (χ2v) is 17.8. The van der Waals surface area contributed by atoms with Crippen molar-refractivity contribution in [3.8, 4) is 0 Å². The summed E-state index contributed by atoms with van der Waals surface area (Å²) in [5.41, 5.74) is 0. The first-order chi connectivity index (χ1) is 30.0. The molecule has 0 aliphatic carbocycles. The minimum Gasteiger partial charge on any atom is -0.462 e. The van der Waals surface area contributed by atoms with Crippen molar-refractivity contribution < 1.29 is 28.6 Å². The van der Waals surface area contributed by atoms with Crippen LogP contribution in [0.3, 0.4) is 0 Å². The third kappa shape index (κ3) is 48.5. The largest absolute Gasteiger partial charge is 0.462 e. The molecule has 0 fully saturated rings. The van der Waals surface area contributed by atoms with E-state index >= 15 is 0 Å². The summed E-state index contributed by atoms with van der Waals surface area (Å²) >= 11 is 0. The van der Waals surface area contributed by atoms with Gasteiger partial charge in [0.25, 0.3) is 0 Å². The van der Waals surface area contributed by atoms with Gasteiger partial charge in [0.1, 0.15) is 13.2 Å². The Bertz CT molecular complexity index is 1030. The lowest BCUT2D eigenvalue weighted by Crippen LogP contribution is -2.30. The van der Waals surface area contributed by atoms with Gasteiger partial charge in [0.05, 0.1) is 0 Å². The van der Waals surface area contributed by atoms with Gasteiger partial charge in [-0.1, -0.05) is 224 Å². The lowest BCUT2D eigenvalue weighted by Gasteiger charge is -2.18. The van der Waals surface area contributed by atoms with Crippen LogP contribution in [0.25, 0.3) is 0 Å². The smallest absolute Gasteiger partial charge is 0.306 e. The summed E-state index contributed by atoms with van der Waals surface area (Å²) in [6, 6.07) is 0. The Morgan fingerprint density at radius 3 is 0.984 bits per heavy atom. The zero-order chi connectivity index (χ0) is 44.4. The number of carbonyl (C=O) groups is 3. The number of ether oxygens (including phenoxy) is 3. The van der Waals surface area contributed by atoms with Crippen molar-refractivity contribution in [2.75, 3.05) is 13.2 Å². The monoisotopic (exact) mass is 857 g/mol. The lowest BCUT2D eigenvalue weighted by atomic mass is 10.0. The van der Waals surface area contributed by atoms with Crippen LogP contribution in [-0.4, -0.2) is 37.2 Å². The number of allylic oxidation sites excluding steroid dienone is 6. The maximum absolute atomic E-state index is 12.8. The van der Waals surface area contributed by atoms with Gasteiger partial charge < -0.3 is 14.2 Å². The molecule has 0 saturated carbocycles. The molecule has 0 aromatic heterocycles. The molecule has 1 atom stereocenters. The van der Waals surface area contributed by atoms with Gasteiger partial charge >= 0.3 is 17.9 Å². The molecule has 1 unspecified atom stereocenters. The number of esters is 3. The van der Waals surface area contributed by atoms with Crippen molar-refractivity contribution in [1.29, 1.82) is 0 Å². The zero-order valence-corrected chi connectivity index (χ0v) is 40.7. The van der Waals surface area contributed by atoms with Crippen LogP contribution in [0.15, 0.2) is 36.5 Å². The molecule has 0 bridgehead atoms. The van der Waals surface area contributed by atoms with Crippen LogP contribution < -0.4 is 0 Å². The fourth-order valence-corrected chi connectivity index (χ4v) is 7.57. The SMILES string of the molecule is CCCC/C=C\C/C=C\CCCCCCCC(=O)OC(COC(=O)CCCCCCC/C=C\CCCCCC)COC(=O)CCCCCCCCCCCCCCCCCC. The van der Waals surface area contributed by atoms with Crippen molar-refractivity contribution in [3.63, 3.8) is 0 Å². The van der Waals surface area contributed by atoms with Gasteiger partial charge in [-0.15, -0.1) is 0 Å². The van der Waals surface area contributed by atoms with Crippen LogP contribution in [0, 0.1) is 0 Å². The molecule has 6 heteroatoms. The van der Waals surface area contributed by atoms with Gasteiger partial charge in [-0.3, -0.25) is 14.4 Å². The number of unbranched alkanes of at least 4 members (excludes halogenated alkanes) is 31. The molecule has 0 aliphatic heterocycles. The molecule has 0 saturated heterocycles. The average Bonchev–Trinajstić information content (AvgIpc) is 3.26. The number of carbonyl (C=O) groups excluding carboxylic acids is 3.